The number of amides is 2. The van der Waals surface area contributed by atoms with E-state index in [4.69, 9.17) is 23.2 Å². The summed E-state index contributed by atoms with van der Waals surface area (Å²) in [5.74, 6) is -0.668. The Kier molecular flexibility index (Phi) is 5.47. The summed E-state index contributed by atoms with van der Waals surface area (Å²) in [6.45, 7) is 5.85. The Morgan fingerprint density at radius 2 is 1.62 bits per heavy atom. The highest BCUT2D eigenvalue weighted by Crippen LogP contribution is 2.40. The summed E-state index contributed by atoms with van der Waals surface area (Å²) in [6, 6.07) is 12.1. The molecule has 0 saturated heterocycles. The summed E-state index contributed by atoms with van der Waals surface area (Å²) >= 11 is 13.5. The van der Waals surface area contributed by atoms with E-state index in [0.717, 1.165) is 5.56 Å². The average molecular weight is 406 g/mol. The number of thioether (sulfide) groups is 1. The molecular formula is C20H17Cl2NO2S. The van der Waals surface area contributed by atoms with E-state index in [1.54, 1.807) is 42.5 Å². The van der Waals surface area contributed by atoms with Crippen LogP contribution in [-0.4, -0.2) is 17.1 Å². The topological polar surface area (TPSA) is 37.4 Å². The maximum absolute atomic E-state index is 13.1. The van der Waals surface area contributed by atoms with Crippen molar-refractivity contribution in [1.82, 2.24) is 0 Å². The molecule has 0 N–H and O–H groups in total. The zero-order chi connectivity index (χ0) is 19.0. The molecule has 0 fully saturated rings. The van der Waals surface area contributed by atoms with Crippen LogP contribution in [0.1, 0.15) is 25.0 Å². The number of imide groups is 1. The summed E-state index contributed by atoms with van der Waals surface area (Å²) in [5.41, 5.74) is 2.44. The molecule has 0 spiro atoms. The van der Waals surface area contributed by atoms with Crippen LogP contribution >= 0.6 is 35.0 Å². The van der Waals surface area contributed by atoms with Gasteiger partial charge in [0.2, 0.25) is 0 Å². The maximum Gasteiger partial charge on any atom is 0.272 e. The molecule has 134 valence electrons. The first-order chi connectivity index (χ1) is 12.3. The molecular weight excluding hydrogens is 389 g/mol. The first kappa shape index (κ1) is 19.0. The number of aryl methyl sites for hydroxylation is 1. The standard InChI is InChI=1S/C20H17Cl2NO2S/c1-11(2)26-18-17(13-5-7-14(21)8-6-13)19(24)23(20(18)25)15-9-4-12(3)16(22)10-15/h4-11H,1-3H3. The Bertz CT molecular complexity index is 920. The summed E-state index contributed by atoms with van der Waals surface area (Å²) in [5, 5.41) is 1.25. The van der Waals surface area contributed by atoms with Crippen molar-refractivity contribution in [1.29, 1.82) is 0 Å². The minimum absolute atomic E-state index is 0.158. The average Bonchev–Trinajstić information content (AvgIpc) is 2.81. The van der Waals surface area contributed by atoms with Gasteiger partial charge in [-0.1, -0.05) is 55.2 Å². The Morgan fingerprint density at radius 1 is 0.962 bits per heavy atom. The van der Waals surface area contributed by atoms with Crippen LogP contribution in [0.5, 0.6) is 0 Å². The number of rotatable bonds is 4. The zero-order valence-corrected chi connectivity index (χ0v) is 16.9. The molecule has 0 aromatic heterocycles. The fraction of sp³-hybridized carbons (Fsp3) is 0.200. The van der Waals surface area contributed by atoms with E-state index in [1.807, 2.05) is 20.8 Å². The second-order valence-corrected chi connectivity index (χ2v) is 8.69. The van der Waals surface area contributed by atoms with Crippen molar-refractivity contribution in [2.75, 3.05) is 4.90 Å². The van der Waals surface area contributed by atoms with Crippen LogP contribution in [0.15, 0.2) is 47.4 Å². The fourth-order valence-electron chi connectivity index (χ4n) is 2.68. The lowest BCUT2D eigenvalue weighted by atomic mass is 10.1. The third kappa shape index (κ3) is 3.54. The third-order valence-electron chi connectivity index (χ3n) is 3.94. The SMILES string of the molecule is Cc1ccc(N2C(=O)C(SC(C)C)=C(c3ccc(Cl)cc3)C2=O)cc1Cl. The Morgan fingerprint density at radius 3 is 2.19 bits per heavy atom. The molecule has 0 aliphatic carbocycles. The predicted molar refractivity (Wildman–Crippen MR) is 110 cm³/mol. The van der Waals surface area contributed by atoms with Crippen LogP contribution < -0.4 is 4.90 Å². The zero-order valence-electron chi connectivity index (χ0n) is 14.5. The number of hydrogen-bond acceptors (Lipinski definition) is 3. The molecule has 26 heavy (non-hydrogen) atoms. The van der Waals surface area contributed by atoms with Gasteiger partial charge in [0.05, 0.1) is 16.2 Å². The molecule has 0 radical (unpaired) electrons. The number of halogens is 2. The number of carbonyl (C=O) groups excluding carboxylic acids is 2. The predicted octanol–water partition coefficient (Wildman–Crippen LogP) is 5.73. The van der Waals surface area contributed by atoms with E-state index < -0.39 is 0 Å². The van der Waals surface area contributed by atoms with Crippen molar-refractivity contribution in [3.05, 3.63) is 68.5 Å². The van der Waals surface area contributed by atoms with Gasteiger partial charge >= 0.3 is 0 Å². The smallest absolute Gasteiger partial charge is 0.268 e. The largest absolute Gasteiger partial charge is 0.272 e. The first-order valence-corrected chi connectivity index (χ1v) is 9.75. The normalized spacial score (nSPS) is 14.8. The van der Waals surface area contributed by atoms with E-state index in [1.165, 1.54) is 16.7 Å². The number of hydrogen-bond donors (Lipinski definition) is 0. The second-order valence-electron chi connectivity index (χ2n) is 6.26. The van der Waals surface area contributed by atoms with Gasteiger partial charge in [-0.3, -0.25) is 9.59 Å². The molecule has 2 amide bonds. The minimum atomic E-state index is -0.347. The van der Waals surface area contributed by atoms with Crippen LogP contribution in [0.25, 0.3) is 5.57 Å². The Labute approximate surface area is 167 Å². The molecule has 2 aromatic carbocycles. The van der Waals surface area contributed by atoms with E-state index in [-0.39, 0.29) is 17.1 Å². The Hall–Kier alpha value is -1.75. The van der Waals surface area contributed by atoms with Crippen molar-refractivity contribution in [2.24, 2.45) is 0 Å². The lowest BCUT2D eigenvalue weighted by Gasteiger charge is -2.16. The summed E-state index contributed by atoms with van der Waals surface area (Å²) in [4.78, 5) is 27.8. The van der Waals surface area contributed by atoms with Crippen molar-refractivity contribution >= 4 is 58.0 Å². The molecule has 3 nitrogen and oxygen atoms in total. The van der Waals surface area contributed by atoms with Gasteiger partial charge in [-0.05, 0) is 42.3 Å². The first-order valence-electron chi connectivity index (χ1n) is 8.11. The van der Waals surface area contributed by atoms with Crippen LogP contribution in [0.2, 0.25) is 10.0 Å². The second kappa shape index (κ2) is 7.47. The summed E-state index contributed by atoms with van der Waals surface area (Å²) < 4.78 is 0. The quantitative estimate of drug-likeness (QED) is 0.609. The maximum atomic E-state index is 13.1. The molecule has 1 aliphatic heterocycles. The highest BCUT2D eigenvalue weighted by atomic mass is 35.5. The molecule has 0 saturated carbocycles. The van der Waals surface area contributed by atoms with Gasteiger partial charge in [0.1, 0.15) is 0 Å². The molecule has 1 aliphatic rings. The molecule has 1 heterocycles. The Balaban J connectivity index is 2.10. The van der Waals surface area contributed by atoms with Gasteiger partial charge in [-0.15, -0.1) is 11.8 Å². The van der Waals surface area contributed by atoms with E-state index >= 15 is 0 Å². The van der Waals surface area contributed by atoms with E-state index in [9.17, 15) is 9.59 Å². The number of benzene rings is 2. The number of carbonyl (C=O) groups is 2. The van der Waals surface area contributed by atoms with E-state index in [2.05, 4.69) is 0 Å². The summed E-state index contributed by atoms with van der Waals surface area (Å²) in [6.07, 6.45) is 0. The highest BCUT2D eigenvalue weighted by molar-refractivity contribution is 8.04. The molecule has 2 aromatic rings. The third-order valence-corrected chi connectivity index (χ3v) is 5.69. The van der Waals surface area contributed by atoms with Gasteiger partial charge in [-0.2, -0.15) is 0 Å². The molecule has 0 unspecified atom stereocenters. The van der Waals surface area contributed by atoms with Gasteiger partial charge < -0.3 is 0 Å². The summed E-state index contributed by atoms with van der Waals surface area (Å²) in [7, 11) is 0. The minimum Gasteiger partial charge on any atom is -0.268 e. The van der Waals surface area contributed by atoms with Gasteiger partial charge in [0.25, 0.3) is 11.8 Å². The van der Waals surface area contributed by atoms with Gasteiger partial charge in [-0.25, -0.2) is 4.90 Å². The molecule has 0 atom stereocenters. The van der Waals surface area contributed by atoms with Crippen LogP contribution in [0, 0.1) is 6.92 Å². The van der Waals surface area contributed by atoms with Crippen molar-refractivity contribution in [3.63, 3.8) is 0 Å². The lowest BCUT2D eigenvalue weighted by Crippen LogP contribution is -2.31. The van der Waals surface area contributed by atoms with Gasteiger partial charge in [0, 0.05) is 15.3 Å². The van der Waals surface area contributed by atoms with Crippen LogP contribution in [0.4, 0.5) is 5.69 Å². The van der Waals surface area contributed by atoms with Gasteiger partial charge in [0.15, 0.2) is 0 Å². The molecule has 0 bridgehead atoms. The molecule has 6 heteroatoms. The van der Waals surface area contributed by atoms with Crippen molar-refractivity contribution in [2.45, 2.75) is 26.0 Å². The lowest BCUT2D eigenvalue weighted by molar-refractivity contribution is -0.119. The van der Waals surface area contributed by atoms with Crippen LogP contribution in [0.3, 0.4) is 0 Å². The fourth-order valence-corrected chi connectivity index (χ4v) is 3.97. The van der Waals surface area contributed by atoms with E-state index in [0.29, 0.717) is 31.8 Å². The van der Waals surface area contributed by atoms with Crippen LogP contribution in [-0.2, 0) is 9.59 Å². The monoisotopic (exact) mass is 405 g/mol. The highest BCUT2D eigenvalue weighted by Gasteiger charge is 2.40. The number of anilines is 1. The van der Waals surface area contributed by atoms with Crippen molar-refractivity contribution < 1.29 is 9.59 Å². The molecule has 3 rings (SSSR count). The van der Waals surface area contributed by atoms with Crippen molar-refractivity contribution in [3.8, 4) is 0 Å². The number of nitrogens with zero attached hydrogens (tertiary/aromatic N) is 1.